The van der Waals surface area contributed by atoms with Gasteiger partial charge in [-0.05, 0) is 18.5 Å². The molecule has 2 rings (SSSR count). The molecule has 16 heavy (non-hydrogen) atoms. The fourth-order valence-electron chi connectivity index (χ4n) is 1.45. The van der Waals surface area contributed by atoms with Gasteiger partial charge in [0.25, 0.3) is 0 Å². The van der Waals surface area contributed by atoms with Crippen LogP contribution in [0, 0.1) is 0 Å². The maximum Gasteiger partial charge on any atom is 0.213 e. The number of nitrogens with one attached hydrogen (secondary N) is 1. The molecule has 0 unspecified atom stereocenters. The van der Waals surface area contributed by atoms with Crippen LogP contribution in [0.3, 0.4) is 0 Å². The largest absolute Gasteiger partial charge is 0.469 e. The number of pyridine rings is 1. The molecule has 0 amide bonds. The van der Waals surface area contributed by atoms with Crippen LogP contribution < -0.4 is 10.1 Å². The molecule has 1 N–H and O–H groups in total. The van der Waals surface area contributed by atoms with E-state index >= 15 is 0 Å². The Balaban J connectivity index is 1.78. The summed E-state index contributed by atoms with van der Waals surface area (Å²) in [5.41, 5.74) is 1.19. The van der Waals surface area contributed by atoms with Crippen molar-refractivity contribution in [1.29, 1.82) is 0 Å². The highest BCUT2D eigenvalue weighted by Gasteiger charge is 2.20. The normalized spacial score (nSPS) is 15.8. The van der Waals surface area contributed by atoms with Crippen molar-refractivity contribution < 1.29 is 9.47 Å². The van der Waals surface area contributed by atoms with Crippen LogP contribution in [0.5, 0.6) is 5.88 Å². The molecule has 1 aromatic rings. The SMILES string of the molecule is CCCNCc1ccc(OC2COC2)nc1. The standard InChI is InChI=1S/C12H18N2O2/c1-2-5-13-6-10-3-4-12(14-7-10)16-11-8-15-9-11/h3-4,7,11,13H,2,5-6,8-9H2,1H3. The minimum Gasteiger partial charge on any atom is -0.469 e. The second-order valence-electron chi connectivity index (χ2n) is 3.96. The Morgan fingerprint density at radius 3 is 2.94 bits per heavy atom. The van der Waals surface area contributed by atoms with Crippen LogP contribution in [0.1, 0.15) is 18.9 Å². The zero-order valence-corrected chi connectivity index (χ0v) is 9.61. The third-order valence-corrected chi connectivity index (χ3v) is 2.45. The number of rotatable bonds is 6. The van der Waals surface area contributed by atoms with Crippen molar-refractivity contribution in [2.45, 2.75) is 26.0 Å². The van der Waals surface area contributed by atoms with E-state index in [1.165, 1.54) is 5.56 Å². The van der Waals surface area contributed by atoms with Gasteiger partial charge in [0.2, 0.25) is 5.88 Å². The van der Waals surface area contributed by atoms with E-state index in [1.807, 2.05) is 18.3 Å². The van der Waals surface area contributed by atoms with Crippen molar-refractivity contribution in [3.63, 3.8) is 0 Å². The molecular formula is C12H18N2O2. The highest BCUT2D eigenvalue weighted by atomic mass is 16.6. The molecule has 0 radical (unpaired) electrons. The minimum atomic E-state index is 0.191. The number of aromatic nitrogens is 1. The molecule has 2 heterocycles. The highest BCUT2D eigenvalue weighted by Crippen LogP contribution is 2.13. The first-order chi connectivity index (χ1) is 7.88. The van der Waals surface area contributed by atoms with Crippen molar-refractivity contribution in [2.24, 2.45) is 0 Å². The molecule has 1 aliphatic heterocycles. The van der Waals surface area contributed by atoms with Crippen molar-refractivity contribution >= 4 is 0 Å². The van der Waals surface area contributed by atoms with Gasteiger partial charge in [-0.25, -0.2) is 4.98 Å². The Hall–Kier alpha value is -1.13. The quantitative estimate of drug-likeness (QED) is 0.738. The molecule has 1 fully saturated rings. The average molecular weight is 222 g/mol. The van der Waals surface area contributed by atoms with Crippen molar-refractivity contribution in [3.05, 3.63) is 23.9 Å². The van der Waals surface area contributed by atoms with Gasteiger partial charge in [-0.2, -0.15) is 0 Å². The highest BCUT2D eigenvalue weighted by molar-refractivity contribution is 5.18. The van der Waals surface area contributed by atoms with E-state index in [0.717, 1.165) is 19.5 Å². The lowest BCUT2D eigenvalue weighted by Gasteiger charge is -2.26. The predicted octanol–water partition coefficient (Wildman–Crippen LogP) is 1.36. The summed E-state index contributed by atoms with van der Waals surface area (Å²) < 4.78 is 10.6. The van der Waals surface area contributed by atoms with Gasteiger partial charge in [0.05, 0.1) is 13.2 Å². The Kier molecular flexibility index (Phi) is 4.13. The monoisotopic (exact) mass is 222 g/mol. The molecular weight excluding hydrogens is 204 g/mol. The second kappa shape index (κ2) is 5.82. The Labute approximate surface area is 96.0 Å². The molecule has 1 aliphatic rings. The number of ether oxygens (including phenoxy) is 2. The van der Waals surface area contributed by atoms with E-state index in [-0.39, 0.29) is 6.10 Å². The fourth-order valence-corrected chi connectivity index (χ4v) is 1.45. The van der Waals surface area contributed by atoms with Crippen LogP contribution >= 0.6 is 0 Å². The van der Waals surface area contributed by atoms with Crippen LogP contribution in [0.15, 0.2) is 18.3 Å². The van der Waals surface area contributed by atoms with Crippen LogP contribution in [-0.2, 0) is 11.3 Å². The van der Waals surface area contributed by atoms with Crippen LogP contribution in [0.2, 0.25) is 0 Å². The van der Waals surface area contributed by atoms with E-state index in [9.17, 15) is 0 Å². The van der Waals surface area contributed by atoms with Crippen LogP contribution in [0.25, 0.3) is 0 Å². The van der Waals surface area contributed by atoms with Gasteiger partial charge in [-0.3, -0.25) is 0 Å². The molecule has 0 aliphatic carbocycles. The van der Waals surface area contributed by atoms with Gasteiger partial charge in [0.15, 0.2) is 0 Å². The molecule has 0 spiro atoms. The molecule has 0 bridgehead atoms. The van der Waals surface area contributed by atoms with Gasteiger partial charge >= 0.3 is 0 Å². The lowest BCUT2D eigenvalue weighted by atomic mass is 10.3. The Morgan fingerprint density at radius 1 is 1.50 bits per heavy atom. The molecule has 4 nitrogen and oxygen atoms in total. The molecule has 0 saturated carbocycles. The second-order valence-corrected chi connectivity index (χ2v) is 3.96. The first-order valence-corrected chi connectivity index (χ1v) is 5.78. The van der Waals surface area contributed by atoms with E-state index < -0.39 is 0 Å². The fraction of sp³-hybridized carbons (Fsp3) is 0.583. The number of hydrogen-bond acceptors (Lipinski definition) is 4. The summed E-state index contributed by atoms with van der Waals surface area (Å²) in [6.45, 7) is 5.43. The molecule has 1 aromatic heterocycles. The summed E-state index contributed by atoms with van der Waals surface area (Å²) in [6.07, 6.45) is 3.20. The molecule has 88 valence electrons. The lowest BCUT2D eigenvalue weighted by Crippen LogP contribution is -2.38. The lowest BCUT2D eigenvalue weighted by molar-refractivity contribution is -0.0813. The van der Waals surface area contributed by atoms with Gasteiger partial charge in [0, 0.05) is 18.8 Å². The third-order valence-electron chi connectivity index (χ3n) is 2.45. The van der Waals surface area contributed by atoms with Crippen LogP contribution in [-0.4, -0.2) is 30.8 Å². The summed E-state index contributed by atoms with van der Waals surface area (Å²) in [7, 11) is 0. The molecule has 0 atom stereocenters. The van der Waals surface area contributed by atoms with E-state index in [4.69, 9.17) is 9.47 Å². The minimum absolute atomic E-state index is 0.191. The molecule has 0 aromatic carbocycles. The average Bonchev–Trinajstić information content (AvgIpc) is 2.26. The first-order valence-electron chi connectivity index (χ1n) is 5.78. The Bertz CT molecular complexity index is 309. The molecule has 4 heteroatoms. The van der Waals surface area contributed by atoms with Crippen LogP contribution in [0.4, 0.5) is 0 Å². The van der Waals surface area contributed by atoms with Crippen molar-refractivity contribution in [3.8, 4) is 5.88 Å². The predicted molar refractivity (Wildman–Crippen MR) is 61.5 cm³/mol. The smallest absolute Gasteiger partial charge is 0.213 e. The summed E-state index contributed by atoms with van der Waals surface area (Å²) in [5.74, 6) is 0.688. The number of hydrogen-bond donors (Lipinski definition) is 1. The van der Waals surface area contributed by atoms with Crippen molar-refractivity contribution in [1.82, 2.24) is 10.3 Å². The van der Waals surface area contributed by atoms with E-state index in [1.54, 1.807) is 0 Å². The van der Waals surface area contributed by atoms with Gasteiger partial charge in [-0.15, -0.1) is 0 Å². The maximum absolute atomic E-state index is 5.57. The molecule has 1 saturated heterocycles. The van der Waals surface area contributed by atoms with Gasteiger partial charge in [-0.1, -0.05) is 13.0 Å². The zero-order valence-electron chi connectivity index (χ0n) is 9.61. The van der Waals surface area contributed by atoms with Gasteiger partial charge in [0.1, 0.15) is 6.10 Å². The summed E-state index contributed by atoms with van der Waals surface area (Å²) in [5, 5.41) is 3.33. The number of nitrogens with zero attached hydrogens (tertiary/aromatic N) is 1. The van der Waals surface area contributed by atoms with Crippen molar-refractivity contribution in [2.75, 3.05) is 19.8 Å². The zero-order chi connectivity index (χ0) is 11.2. The summed E-state index contributed by atoms with van der Waals surface area (Å²) in [6, 6.07) is 3.96. The van der Waals surface area contributed by atoms with E-state index in [0.29, 0.717) is 19.1 Å². The first kappa shape index (κ1) is 11.4. The summed E-state index contributed by atoms with van der Waals surface area (Å²) >= 11 is 0. The topological polar surface area (TPSA) is 43.4 Å². The Morgan fingerprint density at radius 2 is 2.38 bits per heavy atom. The third kappa shape index (κ3) is 3.18. The van der Waals surface area contributed by atoms with Gasteiger partial charge < -0.3 is 14.8 Å². The summed E-state index contributed by atoms with van der Waals surface area (Å²) in [4.78, 5) is 4.26. The maximum atomic E-state index is 5.57. The van der Waals surface area contributed by atoms with E-state index in [2.05, 4.69) is 17.2 Å².